The van der Waals surface area contributed by atoms with E-state index >= 15 is 0 Å². The largest absolute Gasteiger partial charge is 0.310 e. The van der Waals surface area contributed by atoms with Crippen molar-refractivity contribution in [2.45, 2.75) is 70.1 Å². The average Bonchev–Trinajstić information content (AvgIpc) is 2.51. The SMILES string of the molecule is CC(C)CC(CN(C)C)NC1CC2CCC(C1)N2C. The van der Waals surface area contributed by atoms with Crippen LogP contribution in [-0.4, -0.2) is 61.7 Å². The predicted octanol–water partition coefficient (Wildman–Crippen LogP) is 2.18. The van der Waals surface area contributed by atoms with E-state index in [2.05, 4.69) is 50.1 Å². The van der Waals surface area contributed by atoms with Gasteiger partial charge in [0.25, 0.3) is 0 Å². The molecule has 0 saturated carbocycles. The van der Waals surface area contributed by atoms with E-state index < -0.39 is 0 Å². The lowest BCUT2D eigenvalue weighted by Gasteiger charge is -2.39. The number of hydrogen-bond donors (Lipinski definition) is 1. The summed E-state index contributed by atoms with van der Waals surface area (Å²) in [4.78, 5) is 4.95. The van der Waals surface area contributed by atoms with E-state index in [1.165, 1.54) is 38.6 Å². The van der Waals surface area contributed by atoms with Crippen LogP contribution < -0.4 is 5.32 Å². The highest BCUT2D eigenvalue weighted by Gasteiger charge is 2.38. The van der Waals surface area contributed by atoms with Gasteiger partial charge in [0.1, 0.15) is 0 Å². The van der Waals surface area contributed by atoms with Crippen molar-refractivity contribution < 1.29 is 0 Å². The molecule has 0 amide bonds. The van der Waals surface area contributed by atoms with Crippen LogP contribution in [0.25, 0.3) is 0 Å². The van der Waals surface area contributed by atoms with Gasteiger partial charge in [-0.2, -0.15) is 0 Å². The third-order valence-corrected chi connectivity index (χ3v) is 4.91. The van der Waals surface area contributed by atoms with Crippen LogP contribution in [0.2, 0.25) is 0 Å². The number of nitrogens with one attached hydrogen (secondary N) is 1. The Hall–Kier alpha value is -0.120. The minimum absolute atomic E-state index is 0.655. The zero-order chi connectivity index (χ0) is 14.0. The second-order valence-corrected chi connectivity index (χ2v) is 7.47. The maximum absolute atomic E-state index is 3.97. The van der Waals surface area contributed by atoms with Gasteiger partial charge in [-0.1, -0.05) is 13.8 Å². The molecule has 2 aliphatic rings. The van der Waals surface area contributed by atoms with Crippen molar-refractivity contribution in [1.29, 1.82) is 0 Å². The van der Waals surface area contributed by atoms with Crippen LogP contribution in [0.5, 0.6) is 0 Å². The minimum Gasteiger partial charge on any atom is -0.310 e. The molecule has 2 bridgehead atoms. The standard InChI is InChI=1S/C16H33N3/c1-12(2)8-14(11-18(3)4)17-13-9-15-6-7-16(10-13)19(15)5/h12-17H,6-11H2,1-5H3. The summed E-state index contributed by atoms with van der Waals surface area (Å²) >= 11 is 0. The van der Waals surface area contributed by atoms with E-state index in [-0.39, 0.29) is 0 Å². The Bertz CT molecular complexity index is 253. The summed E-state index contributed by atoms with van der Waals surface area (Å²) in [6, 6.07) is 3.09. The summed E-state index contributed by atoms with van der Waals surface area (Å²) < 4.78 is 0. The van der Waals surface area contributed by atoms with Crippen LogP contribution in [0.15, 0.2) is 0 Å². The van der Waals surface area contributed by atoms with E-state index in [0.29, 0.717) is 6.04 Å². The number of piperidine rings is 1. The Balaban J connectivity index is 1.87. The monoisotopic (exact) mass is 267 g/mol. The second kappa shape index (κ2) is 6.55. The Morgan fingerprint density at radius 1 is 1.16 bits per heavy atom. The summed E-state index contributed by atoms with van der Waals surface area (Å²) in [6.45, 7) is 5.84. The summed E-state index contributed by atoms with van der Waals surface area (Å²) in [5.41, 5.74) is 0. The quantitative estimate of drug-likeness (QED) is 0.796. The molecule has 0 aromatic carbocycles. The van der Waals surface area contributed by atoms with Gasteiger partial charge in [0.05, 0.1) is 0 Å². The Morgan fingerprint density at radius 3 is 2.21 bits per heavy atom. The molecule has 0 radical (unpaired) electrons. The third-order valence-electron chi connectivity index (χ3n) is 4.91. The second-order valence-electron chi connectivity index (χ2n) is 7.47. The van der Waals surface area contributed by atoms with Gasteiger partial charge in [-0.05, 0) is 59.2 Å². The molecular weight excluding hydrogens is 234 g/mol. The Kier molecular flexibility index (Phi) is 5.27. The van der Waals surface area contributed by atoms with E-state index in [4.69, 9.17) is 0 Å². The summed E-state index contributed by atoms with van der Waals surface area (Å²) in [5.74, 6) is 0.778. The molecule has 2 aliphatic heterocycles. The molecule has 1 N–H and O–H groups in total. The molecule has 2 rings (SSSR count). The fourth-order valence-corrected chi connectivity index (χ4v) is 4.09. The average molecular weight is 267 g/mol. The number of hydrogen-bond acceptors (Lipinski definition) is 3. The molecule has 0 aromatic heterocycles. The molecule has 2 saturated heterocycles. The lowest BCUT2D eigenvalue weighted by molar-refractivity contribution is 0.137. The summed E-state index contributed by atoms with van der Waals surface area (Å²) in [5, 5.41) is 3.97. The maximum Gasteiger partial charge on any atom is 0.0199 e. The first-order valence-electron chi connectivity index (χ1n) is 8.08. The van der Waals surface area contributed by atoms with Crippen molar-refractivity contribution in [2.75, 3.05) is 27.7 Å². The molecule has 0 aromatic rings. The van der Waals surface area contributed by atoms with Crippen LogP contribution in [0.3, 0.4) is 0 Å². The molecule has 3 atom stereocenters. The number of fused-ring (bicyclic) bond motifs is 2. The van der Waals surface area contributed by atoms with Crippen LogP contribution in [0.4, 0.5) is 0 Å². The van der Waals surface area contributed by atoms with E-state index in [1.807, 2.05) is 0 Å². The number of likely N-dealkylation sites (N-methyl/N-ethyl adjacent to an activating group) is 1. The lowest BCUT2D eigenvalue weighted by Crippen LogP contribution is -2.52. The van der Waals surface area contributed by atoms with Gasteiger partial charge in [-0.25, -0.2) is 0 Å². The van der Waals surface area contributed by atoms with Gasteiger partial charge in [-0.15, -0.1) is 0 Å². The van der Waals surface area contributed by atoms with Crippen LogP contribution in [0.1, 0.15) is 46.0 Å². The smallest absolute Gasteiger partial charge is 0.0199 e. The molecule has 2 fully saturated rings. The summed E-state index contributed by atoms with van der Waals surface area (Å²) in [6.07, 6.45) is 6.84. The predicted molar refractivity (Wildman–Crippen MR) is 82.5 cm³/mol. The molecular formula is C16H33N3. The van der Waals surface area contributed by atoms with Gasteiger partial charge < -0.3 is 15.1 Å². The Morgan fingerprint density at radius 2 is 1.74 bits per heavy atom. The highest BCUT2D eigenvalue weighted by molar-refractivity contribution is 4.97. The maximum atomic E-state index is 3.97. The first kappa shape index (κ1) is 15.3. The highest BCUT2D eigenvalue weighted by Crippen LogP contribution is 2.34. The number of nitrogens with zero attached hydrogens (tertiary/aromatic N) is 2. The molecule has 3 unspecified atom stereocenters. The van der Waals surface area contributed by atoms with Crippen molar-refractivity contribution in [2.24, 2.45) is 5.92 Å². The molecule has 0 aliphatic carbocycles. The molecule has 112 valence electrons. The van der Waals surface area contributed by atoms with Crippen LogP contribution in [0, 0.1) is 5.92 Å². The number of rotatable bonds is 6. The van der Waals surface area contributed by atoms with Crippen molar-refractivity contribution in [3.63, 3.8) is 0 Å². The van der Waals surface area contributed by atoms with Gasteiger partial charge in [0, 0.05) is 30.7 Å². The molecule has 3 nitrogen and oxygen atoms in total. The Labute approximate surface area is 119 Å². The molecule has 19 heavy (non-hydrogen) atoms. The third kappa shape index (κ3) is 4.17. The first-order chi connectivity index (χ1) is 8.95. The molecule has 0 spiro atoms. The fourth-order valence-electron chi connectivity index (χ4n) is 4.09. The molecule has 2 heterocycles. The van der Waals surface area contributed by atoms with Crippen LogP contribution >= 0.6 is 0 Å². The lowest BCUT2D eigenvalue weighted by atomic mass is 9.95. The molecule has 3 heteroatoms. The van der Waals surface area contributed by atoms with Gasteiger partial charge >= 0.3 is 0 Å². The van der Waals surface area contributed by atoms with Crippen molar-refractivity contribution in [1.82, 2.24) is 15.1 Å². The zero-order valence-corrected chi connectivity index (χ0v) is 13.5. The van der Waals surface area contributed by atoms with Crippen LogP contribution in [-0.2, 0) is 0 Å². The van der Waals surface area contributed by atoms with E-state index in [0.717, 1.165) is 24.0 Å². The van der Waals surface area contributed by atoms with Crippen molar-refractivity contribution >= 4 is 0 Å². The fraction of sp³-hybridized carbons (Fsp3) is 1.00. The highest BCUT2D eigenvalue weighted by atomic mass is 15.2. The van der Waals surface area contributed by atoms with Crippen molar-refractivity contribution in [3.8, 4) is 0 Å². The van der Waals surface area contributed by atoms with E-state index in [9.17, 15) is 0 Å². The van der Waals surface area contributed by atoms with Gasteiger partial charge in [0.2, 0.25) is 0 Å². The van der Waals surface area contributed by atoms with Crippen molar-refractivity contribution in [3.05, 3.63) is 0 Å². The van der Waals surface area contributed by atoms with Gasteiger partial charge in [0.15, 0.2) is 0 Å². The normalized spacial score (nSPS) is 33.3. The minimum atomic E-state index is 0.655. The summed E-state index contributed by atoms with van der Waals surface area (Å²) in [7, 11) is 6.70. The topological polar surface area (TPSA) is 18.5 Å². The van der Waals surface area contributed by atoms with E-state index in [1.54, 1.807) is 0 Å². The van der Waals surface area contributed by atoms with Gasteiger partial charge in [-0.3, -0.25) is 0 Å². The first-order valence-corrected chi connectivity index (χ1v) is 8.08. The zero-order valence-electron chi connectivity index (χ0n) is 13.5.